The van der Waals surface area contributed by atoms with E-state index in [0.717, 1.165) is 6.20 Å². The standard InChI is InChI=1S/C19H25FN4O4S/c1-10(2)14-7-13(20)8-15(11(3)4)17(14)23-18(25)24-29(26,27)16-9-21-19(28-6)22-12(16)5/h7-11H,1-6H3,(H2,23,24,25). The number of halogens is 1. The molecule has 0 unspecified atom stereocenters. The maximum Gasteiger partial charge on any atom is 0.333 e. The van der Waals surface area contributed by atoms with Crippen LogP contribution in [-0.2, 0) is 10.0 Å². The molecule has 1 aromatic carbocycles. The van der Waals surface area contributed by atoms with E-state index in [9.17, 15) is 17.6 Å². The molecule has 2 N–H and O–H groups in total. The third kappa shape index (κ3) is 5.20. The Labute approximate surface area is 170 Å². The van der Waals surface area contributed by atoms with E-state index >= 15 is 0 Å². The highest BCUT2D eigenvalue weighted by molar-refractivity contribution is 7.90. The maximum absolute atomic E-state index is 14.0. The molecule has 10 heteroatoms. The Kier molecular flexibility index (Phi) is 6.78. The van der Waals surface area contributed by atoms with E-state index in [0.29, 0.717) is 16.8 Å². The summed E-state index contributed by atoms with van der Waals surface area (Å²) in [6.07, 6.45) is 1.06. The minimum absolute atomic E-state index is 0.0142. The Bertz CT molecular complexity index is 994. The first-order valence-corrected chi connectivity index (χ1v) is 10.5. The molecule has 0 bridgehead atoms. The van der Waals surface area contributed by atoms with E-state index in [2.05, 4.69) is 15.3 Å². The average Bonchev–Trinajstić information content (AvgIpc) is 2.61. The molecule has 0 aliphatic rings. The van der Waals surface area contributed by atoms with E-state index in [-0.39, 0.29) is 28.4 Å². The summed E-state index contributed by atoms with van der Waals surface area (Å²) in [5.41, 5.74) is 1.67. The molecule has 8 nitrogen and oxygen atoms in total. The molecule has 0 aliphatic heterocycles. The third-order valence-corrected chi connectivity index (χ3v) is 5.69. The normalized spacial score (nSPS) is 11.6. The van der Waals surface area contributed by atoms with Crippen LogP contribution in [-0.4, -0.2) is 31.5 Å². The number of nitrogens with one attached hydrogen (secondary N) is 2. The smallest absolute Gasteiger partial charge is 0.333 e. The number of anilines is 1. The summed E-state index contributed by atoms with van der Waals surface area (Å²) in [4.78, 5) is 19.9. The third-order valence-electron chi connectivity index (χ3n) is 4.26. The fourth-order valence-electron chi connectivity index (χ4n) is 2.82. The van der Waals surface area contributed by atoms with E-state index in [1.54, 1.807) is 0 Å². The van der Waals surface area contributed by atoms with Gasteiger partial charge in [-0.25, -0.2) is 27.3 Å². The largest absolute Gasteiger partial charge is 0.467 e. The van der Waals surface area contributed by atoms with Crippen molar-refractivity contribution in [2.75, 3.05) is 12.4 Å². The van der Waals surface area contributed by atoms with Gasteiger partial charge in [0.2, 0.25) is 0 Å². The molecule has 1 aromatic heterocycles. The molecule has 1 heterocycles. The summed E-state index contributed by atoms with van der Waals surface area (Å²) < 4.78 is 46.0. The van der Waals surface area contributed by atoms with Crippen LogP contribution in [0.15, 0.2) is 23.2 Å². The Hall–Kier alpha value is -2.75. The van der Waals surface area contributed by atoms with Gasteiger partial charge in [-0.2, -0.15) is 4.98 Å². The van der Waals surface area contributed by atoms with Gasteiger partial charge in [-0.1, -0.05) is 27.7 Å². The topological polar surface area (TPSA) is 110 Å². The fraction of sp³-hybridized carbons (Fsp3) is 0.421. The van der Waals surface area contributed by atoms with Crippen LogP contribution in [0, 0.1) is 12.7 Å². The van der Waals surface area contributed by atoms with E-state index < -0.39 is 21.9 Å². The van der Waals surface area contributed by atoms with Crippen LogP contribution in [0.3, 0.4) is 0 Å². The maximum atomic E-state index is 14.0. The highest BCUT2D eigenvalue weighted by atomic mass is 32.2. The van der Waals surface area contributed by atoms with Gasteiger partial charge in [0.15, 0.2) is 0 Å². The monoisotopic (exact) mass is 424 g/mol. The molecular weight excluding hydrogens is 399 g/mol. The first kappa shape index (κ1) is 22.5. The lowest BCUT2D eigenvalue weighted by molar-refractivity contribution is 0.256. The average molecular weight is 424 g/mol. The number of ether oxygens (including phenoxy) is 1. The van der Waals surface area contributed by atoms with Gasteiger partial charge in [-0.15, -0.1) is 0 Å². The zero-order chi connectivity index (χ0) is 21.9. The van der Waals surface area contributed by atoms with E-state index in [1.807, 2.05) is 32.4 Å². The SMILES string of the molecule is COc1ncc(S(=O)(=O)NC(=O)Nc2c(C(C)C)cc(F)cc2C(C)C)c(C)n1. The predicted octanol–water partition coefficient (Wildman–Crippen LogP) is 3.69. The molecule has 158 valence electrons. The number of carbonyl (C=O) groups excluding carboxylic acids is 1. The van der Waals surface area contributed by atoms with Crippen molar-refractivity contribution in [3.8, 4) is 6.01 Å². The van der Waals surface area contributed by atoms with Crippen LogP contribution in [0.2, 0.25) is 0 Å². The number of methoxy groups -OCH3 is 1. The molecule has 0 atom stereocenters. The lowest BCUT2D eigenvalue weighted by Crippen LogP contribution is -2.35. The van der Waals surface area contributed by atoms with Gasteiger partial charge < -0.3 is 10.1 Å². The van der Waals surface area contributed by atoms with Crippen LogP contribution in [0.1, 0.15) is 56.4 Å². The molecule has 0 spiro atoms. The number of amides is 2. The van der Waals surface area contributed by atoms with Crippen molar-refractivity contribution in [1.82, 2.24) is 14.7 Å². The van der Waals surface area contributed by atoms with Gasteiger partial charge >= 0.3 is 12.0 Å². The number of benzene rings is 1. The number of hydrogen-bond donors (Lipinski definition) is 2. The van der Waals surface area contributed by atoms with Crippen LogP contribution < -0.4 is 14.8 Å². The van der Waals surface area contributed by atoms with Gasteiger partial charge in [0.25, 0.3) is 10.0 Å². The quantitative estimate of drug-likeness (QED) is 0.732. The Morgan fingerprint density at radius 2 is 1.69 bits per heavy atom. The number of hydrogen-bond acceptors (Lipinski definition) is 6. The van der Waals surface area contributed by atoms with Crippen molar-refractivity contribution in [2.24, 2.45) is 0 Å². The molecule has 0 saturated carbocycles. The molecule has 0 saturated heterocycles. The summed E-state index contributed by atoms with van der Waals surface area (Å²) in [6, 6.07) is 1.72. The molecular formula is C19H25FN4O4S. The number of aromatic nitrogens is 2. The summed E-state index contributed by atoms with van der Waals surface area (Å²) in [6.45, 7) is 8.89. The molecule has 29 heavy (non-hydrogen) atoms. The zero-order valence-electron chi connectivity index (χ0n) is 17.2. The fourth-order valence-corrected chi connectivity index (χ4v) is 3.85. The first-order valence-electron chi connectivity index (χ1n) is 9.01. The van der Waals surface area contributed by atoms with Gasteiger partial charge in [-0.3, -0.25) is 0 Å². The highest BCUT2D eigenvalue weighted by Gasteiger charge is 2.24. The first-order chi connectivity index (χ1) is 13.5. The second-order valence-corrected chi connectivity index (χ2v) is 8.79. The predicted molar refractivity (Wildman–Crippen MR) is 107 cm³/mol. The Morgan fingerprint density at radius 1 is 1.14 bits per heavy atom. The molecule has 0 fully saturated rings. The number of rotatable bonds is 6. The molecule has 0 aliphatic carbocycles. The summed E-state index contributed by atoms with van der Waals surface area (Å²) in [5, 5.41) is 2.58. The van der Waals surface area contributed by atoms with Gasteiger partial charge in [-0.05, 0) is 42.0 Å². The van der Waals surface area contributed by atoms with Crippen molar-refractivity contribution in [3.63, 3.8) is 0 Å². The molecule has 2 amide bonds. The number of nitrogens with zero attached hydrogens (tertiary/aromatic N) is 2. The van der Waals surface area contributed by atoms with Crippen molar-refractivity contribution in [3.05, 3.63) is 41.0 Å². The lowest BCUT2D eigenvalue weighted by Gasteiger charge is -2.20. The summed E-state index contributed by atoms with van der Waals surface area (Å²) in [5.74, 6) is -0.596. The van der Waals surface area contributed by atoms with Gasteiger partial charge in [0.05, 0.1) is 19.0 Å². The Morgan fingerprint density at radius 3 is 2.14 bits per heavy atom. The highest BCUT2D eigenvalue weighted by Crippen LogP contribution is 2.33. The van der Waals surface area contributed by atoms with E-state index in [4.69, 9.17) is 4.74 Å². The second kappa shape index (κ2) is 8.73. The lowest BCUT2D eigenvalue weighted by atomic mass is 9.92. The minimum atomic E-state index is -4.23. The number of urea groups is 1. The van der Waals surface area contributed by atoms with Crippen molar-refractivity contribution in [2.45, 2.75) is 51.3 Å². The zero-order valence-corrected chi connectivity index (χ0v) is 18.0. The number of aryl methyl sites for hydroxylation is 1. The van der Waals surface area contributed by atoms with Crippen molar-refractivity contribution < 1.29 is 22.3 Å². The second-order valence-electron chi connectivity index (χ2n) is 7.13. The van der Waals surface area contributed by atoms with Crippen LogP contribution in [0.25, 0.3) is 0 Å². The van der Waals surface area contributed by atoms with Crippen LogP contribution in [0.4, 0.5) is 14.9 Å². The molecule has 2 rings (SSSR count). The molecule has 0 radical (unpaired) electrons. The van der Waals surface area contributed by atoms with Crippen LogP contribution >= 0.6 is 0 Å². The van der Waals surface area contributed by atoms with Crippen molar-refractivity contribution in [1.29, 1.82) is 0 Å². The van der Waals surface area contributed by atoms with E-state index in [1.165, 1.54) is 26.2 Å². The summed E-state index contributed by atoms with van der Waals surface area (Å²) >= 11 is 0. The van der Waals surface area contributed by atoms with Crippen LogP contribution in [0.5, 0.6) is 6.01 Å². The molecule has 2 aromatic rings. The Balaban J connectivity index is 2.36. The van der Waals surface area contributed by atoms with Crippen molar-refractivity contribution >= 4 is 21.7 Å². The van der Waals surface area contributed by atoms with Gasteiger partial charge in [0, 0.05) is 5.69 Å². The number of sulfonamides is 1. The minimum Gasteiger partial charge on any atom is -0.467 e. The summed E-state index contributed by atoms with van der Waals surface area (Å²) in [7, 11) is -2.87. The van der Waals surface area contributed by atoms with Gasteiger partial charge in [0.1, 0.15) is 10.7 Å². The number of carbonyl (C=O) groups is 1.